The van der Waals surface area contributed by atoms with Crippen molar-refractivity contribution in [2.75, 3.05) is 31.5 Å². The molecule has 0 spiro atoms. The van der Waals surface area contributed by atoms with E-state index in [4.69, 9.17) is 4.74 Å². The lowest BCUT2D eigenvalue weighted by Crippen LogP contribution is -2.50. The van der Waals surface area contributed by atoms with Crippen molar-refractivity contribution < 1.29 is 9.53 Å². The Morgan fingerprint density at radius 2 is 1.80 bits per heavy atom. The molecule has 2 fully saturated rings. The summed E-state index contributed by atoms with van der Waals surface area (Å²) in [5, 5.41) is 3.56. The summed E-state index contributed by atoms with van der Waals surface area (Å²) in [5.41, 5.74) is 1.02. The summed E-state index contributed by atoms with van der Waals surface area (Å²) in [5.74, 6) is 0.935. The van der Waals surface area contributed by atoms with Crippen LogP contribution in [0.4, 0.5) is 10.6 Å². The van der Waals surface area contributed by atoms with Gasteiger partial charge in [-0.05, 0) is 43.4 Å². The van der Waals surface area contributed by atoms with Crippen LogP contribution < -0.4 is 5.32 Å². The van der Waals surface area contributed by atoms with Gasteiger partial charge in [-0.2, -0.15) is 0 Å². The number of likely N-dealkylation sites (tertiary alicyclic amines) is 2. The molecule has 1 aromatic heterocycles. The number of piperidine rings is 2. The third-order valence-corrected chi connectivity index (χ3v) is 6.54. The van der Waals surface area contributed by atoms with Crippen molar-refractivity contribution in [3.63, 3.8) is 0 Å². The van der Waals surface area contributed by atoms with Gasteiger partial charge in [-0.1, -0.05) is 46.3 Å². The zero-order chi connectivity index (χ0) is 20.8. The highest BCUT2D eigenvalue weighted by atomic mass is 79.9. The van der Waals surface area contributed by atoms with E-state index in [-0.39, 0.29) is 6.09 Å². The van der Waals surface area contributed by atoms with E-state index in [9.17, 15) is 4.79 Å². The average molecular weight is 473 g/mol. The molecule has 2 saturated heterocycles. The molecule has 1 N–H and O–H groups in total. The van der Waals surface area contributed by atoms with Gasteiger partial charge in [0.25, 0.3) is 0 Å². The molecule has 2 aromatic rings. The van der Waals surface area contributed by atoms with Crippen LogP contribution in [0.5, 0.6) is 0 Å². The minimum atomic E-state index is -0.193. The summed E-state index contributed by atoms with van der Waals surface area (Å²) >= 11 is 3.50. The molecule has 1 amide bonds. The van der Waals surface area contributed by atoms with Gasteiger partial charge in [-0.3, -0.25) is 0 Å². The molecule has 0 unspecified atom stereocenters. The van der Waals surface area contributed by atoms with Crippen LogP contribution in [0.3, 0.4) is 0 Å². The molecule has 30 heavy (non-hydrogen) atoms. The predicted octanol–water partition coefficient (Wildman–Crippen LogP) is 4.52. The Morgan fingerprint density at radius 1 is 1.07 bits per heavy atom. The Morgan fingerprint density at radius 3 is 2.50 bits per heavy atom. The summed E-state index contributed by atoms with van der Waals surface area (Å²) in [6.07, 6.45) is 5.90. The molecule has 0 atom stereocenters. The summed E-state index contributed by atoms with van der Waals surface area (Å²) in [6.45, 7) is 4.08. The zero-order valence-corrected chi connectivity index (χ0v) is 18.8. The van der Waals surface area contributed by atoms with Gasteiger partial charge in [0.1, 0.15) is 12.4 Å². The van der Waals surface area contributed by atoms with E-state index >= 15 is 0 Å². The fourth-order valence-corrected chi connectivity index (χ4v) is 4.66. The lowest BCUT2D eigenvalue weighted by Gasteiger charge is -2.41. The van der Waals surface area contributed by atoms with E-state index in [1.54, 1.807) is 0 Å². The molecule has 2 aliphatic heterocycles. The second-order valence-electron chi connectivity index (χ2n) is 8.07. The van der Waals surface area contributed by atoms with Crippen LogP contribution in [0, 0.1) is 0 Å². The first-order valence-electron chi connectivity index (χ1n) is 10.7. The molecule has 6 nitrogen and oxygen atoms in total. The molecule has 2 aliphatic rings. The highest BCUT2D eigenvalue weighted by molar-refractivity contribution is 9.10. The normalized spacial score (nSPS) is 18.9. The summed E-state index contributed by atoms with van der Waals surface area (Å²) in [6, 6.07) is 14.8. The number of halogens is 1. The molecular weight excluding hydrogens is 444 g/mol. The highest BCUT2D eigenvalue weighted by Crippen LogP contribution is 2.23. The van der Waals surface area contributed by atoms with Crippen LogP contribution in [-0.2, 0) is 11.3 Å². The van der Waals surface area contributed by atoms with Gasteiger partial charge in [0.05, 0.1) is 0 Å². The van der Waals surface area contributed by atoms with E-state index in [0.717, 1.165) is 67.7 Å². The molecule has 7 heteroatoms. The van der Waals surface area contributed by atoms with Crippen molar-refractivity contribution in [3.8, 4) is 0 Å². The van der Waals surface area contributed by atoms with Crippen LogP contribution in [0.15, 0.2) is 53.1 Å². The van der Waals surface area contributed by atoms with Crippen molar-refractivity contribution in [1.29, 1.82) is 0 Å². The third-order valence-electron chi connectivity index (χ3n) is 6.05. The molecule has 4 rings (SSSR count). The van der Waals surface area contributed by atoms with Gasteiger partial charge < -0.3 is 19.9 Å². The first-order valence-corrected chi connectivity index (χ1v) is 11.5. The van der Waals surface area contributed by atoms with E-state index in [1.165, 1.54) is 0 Å². The molecule has 3 heterocycles. The second kappa shape index (κ2) is 10.3. The number of amides is 1. The minimum absolute atomic E-state index is 0.193. The Bertz CT molecular complexity index is 819. The number of hydrogen-bond acceptors (Lipinski definition) is 5. The Labute approximate surface area is 186 Å². The zero-order valence-electron chi connectivity index (χ0n) is 17.2. The fraction of sp³-hybridized carbons (Fsp3) is 0.478. The molecule has 0 bridgehead atoms. The standard InChI is InChI=1S/C23H29BrN4O2/c24-19-6-11-25-22(16-19)26-20-7-12-27(13-8-20)21-9-14-28(15-10-21)23(29)30-17-18-4-2-1-3-5-18/h1-6,11,16,20-21H,7-10,12-15,17H2,(H,25,26). The molecule has 0 saturated carbocycles. The molecule has 0 radical (unpaired) electrons. The number of hydrogen-bond donors (Lipinski definition) is 1. The van der Waals surface area contributed by atoms with E-state index in [0.29, 0.717) is 18.7 Å². The number of carbonyl (C=O) groups is 1. The molecule has 0 aliphatic carbocycles. The number of anilines is 1. The molecular formula is C23H29BrN4O2. The van der Waals surface area contributed by atoms with Gasteiger partial charge in [-0.25, -0.2) is 9.78 Å². The Hall–Kier alpha value is -2.12. The lowest BCUT2D eigenvalue weighted by atomic mass is 9.98. The number of pyridine rings is 1. The first-order chi connectivity index (χ1) is 14.7. The van der Waals surface area contributed by atoms with Crippen LogP contribution >= 0.6 is 15.9 Å². The number of ether oxygens (including phenoxy) is 1. The summed E-state index contributed by atoms with van der Waals surface area (Å²) in [7, 11) is 0. The van der Waals surface area contributed by atoms with Gasteiger partial charge in [0.2, 0.25) is 0 Å². The van der Waals surface area contributed by atoms with Crippen LogP contribution in [0.1, 0.15) is 31.2 Å². The maximum absolute atomic E-state index is 12.4. The van der Waals surface area contributed by atoms with Crippen molar-refractivity contribution in [2.45, 2.75) is 44.4 Å². The lowest BCUT2D eigenvalue weighted by molar-refractivity contribution is 0.0617. The van der Waals surface area contributed by atoms with Crippen molar-refractivity contribution >= 4 is 27.8 Å². The third kappa shape index (κ3) is 5.73. The van der Waals surface area contributed by atoms with Crippen LogP contribution in [0.25, 0.3) is 0 Å². The topological polar surface area (TPSA) is 57.7 Å². The second-order valence-corrected chi connectivity index (χ2v) is 8.99. The monoisotopic (exact) mass is 472 g/mol. The maximum Gasteiger partial charge on any atom is 0.410 e. The summed E-state index contributed by atoms with van der Waals surface area (Å²) in [4.78, 5) is 21.2. The van der Waals surface area contributed by atoms with Crippen molar-refractivity contribution in [1.82, 2.24) is 14.8 Å². The van der Waals surface area contributed by atoms with E-state index < -0.39 is 0 Å². The summed E-state index contributed by atoms with van der Waals surface area (Å²) < 4.78 is 6.53. The fourth-order valence-electron chi connectivity index (χ4n) is 4.33. The smallest absolute Gasteiger partial charge is 0.410 e. The quantitative estimate of drug-likeness (QED) is 0.692. The van der Waals surface area contributed by atoms with Gasteiger partial charge in [-0.15, -0.1) is 0 Å². The number of aromatic nitrogens is 1. The molecule has 160 valence electrons. The minimum Gasteiger partial charge on any atom is -0.445 e. The average Bonchev–Trinajstić information content (AvgIpc) is 2.79. The number of nitrogens with zero attached hydrogens (tertiary/aromatic N) is 3. The van der Waals surface area contributed by atoms with Crippen LogP contribution in [-0.4, -0.2) is 59.1 Å². The maximum atomic E-state index is 12.4. The van der Waals surface area contributed by atoms with E-state index in [2.05, 4.69) is 31.1 Å². The van der Waals surface area contributed by atoms with Gasteiger partial charge >= 0.3 is 6.09 Å². The Kier molecular flexibility index (Phi) is 7.23. The number of benzene rings is 1. The number of rotatable bonds is 5. The largest absolute Gasteiger partial charge is 0.445 e. The SMILES string of the molecule is O=C(OCc1ccccc1)N1CCC(N2CCC(Nc3cc(Br)ccn3)CC2)CC1. The highest BCUT2D eigenvalue weighted by Gasteiger charge is 2.30. The van der Waals surface area contributed by atoms with Gasteiger partial charge in [0, 0.05) is 48.9 Å². The molecule has 1 aromatic carbocycles. The van der Waals surface area contributed by atoms with Crippen LogP contribution in [0.2, 0.25) is 0 Å². The van der Waals surface area contributed by atoms with Crippen molar-refractivity contribution in [3.05, 3.63) is 58.7 Å². The number of nitrogens with one attached hydrogen (secondary N) is 1. The van der Waals surface area contributed by atoms with Crippen molar-refractivity contribution in [2.24, 2.45) is 0 Å². The first kappa shape index (κ1) is 21.1. The van der Waals surface area contributed by atoms with Gasteiger partial charge in [0.15, 0.2) is 0 Å². The van der Waals surface area contributed by atoms with E-state index in [1.807, 2.05) is 53.6 Å². The number of carbonyl (C=O) groups excluding carboxylic acids is 1. The predicted molar refractivity (Wildman–Crippen MR) is 121 cm³/mol. The Balaban J connectivity index is 1.17.